The molecule has 186 valence electrons. The number of aryl methyl sites for hydroxylation is 1. The van der Waals surface area contributed by atoms with Crippen molar-refractivity contribution >= 4 is 27.3 Å². The quantitative estimate of drug-likeness (QED) is 0.350. The van der Waals surface area contributed by atoms with Gasteiger partial charge in [0.15, 0.2) is 0 Å². The van der Waals surface area contributed by atoms with E-state index in [1.165, 1.54) is 23.5 Å². The standard InChI is InChI=1S/C25H28N2O6S2/c1-32-18-7-9-20(10-8-18)35(30,31)27-14-12-23-21(13-15-34-23)22(24(27)25(28)26-29)11-6-17-4-3-5-19(16-17)33-2/h3-5,7-10,13,15-16,22,24,29H,6,11-12,14H2,1-2H3,(H,26,28)/t22-,24-/m0/s1. The molecule has 0 aliphatic carbocycles. The number of nitrogens with one attached hydrogen (secondary N) is 1. The summed E-state index contributed by atoms with van der Waals surface area (Å²) in [6.45, 7) is 0.121. The molecule has 1 aliphatic heterocycles. The van der Waals surface area contributed by atoms with Gasteiger partial charge in [-0.2, -0.15) is 4.31 Å². The lowest BCUT2D eigenvalue weighted by Gasteiger charge is -2.33. The van der Waals surface area contributed by atoms with Crippen LogP contribution in [-0.4, -0.2) is 50.6 Å². The van der Waals surface area contributed by atoms with Crippen LogP contribution < -0.4 is 15.0 Å². The SMILES string of the molecule is COc1ccc(S(=O)(=O)N2CCc3sccc3[C@H](CCc3cccc(OC)c3)[C@H]2C(=O)NO)cc1. The van der Waals surface area contributed by atoms with Crippen molar-refractivity contribution in [2.24, 2.45) is 0 Å². The van der Waals surface area contributed by atoms with Gasteiger partial charge < -0.3 is 9.47 Å². The number of amides is 1. The minimum atomic E-state index is -4.05. The first-order valence-corrected chi connectivity index (χ1v) is 13.5. The fourth-order valence-electron chi connectivity index (χ4n) is 4.60. The van der Waals surface area contributed by atoms with Crippen LogP contribution in [0.3, 0.4) is 0 Å². The number of carbonyl (C=O) groups excluding carboxylic acids is 1. The van der Waals surface area contributed by atoms with Crippen molar-refractivity contribution in [3.8, 4) is 11.5 Å². The first kappa shape index (κ1) is 25.2. The van der Waals surface area contributed by atoms with Gasteiger partial charge in [0.2, 0.25) is 10.0 Å². The highest BCUT2D eigenvalue weighted by atomic mass is 32.2. The smallest absolute Gasteiger partial charge is 0.262 e. The molecule has 0 spiro atoms. The van der Waals surface area contributed by atoms with E-state index in [9.17, 15) is 18.4 Å². The van der Waals surface area contributed by atoms with Crippen molar-refractivity contribution in [1.29, 1.82) is 0 Å². The molecule has 2 heterocycles. The Labute approximate surface area is 209 Å². The normalized spacial score (nSPS) is 18.4. The summed E-state index contributed by atoms with van der Waals surface area (Å²) in [5.41, 5.74) is 3.68. The molecule has 0 bridgehead atoms. The Kier molecular flexibility index (Phi) is 7.75. The number of hydrogen-bond donors (Lipinski definition) is 2. The zero-order valence-electron chi connectivity index (χ0n) is 19.5. The number of hydroxylamine groups is 1. The number of ether oxygens (including phenoxy) is 2. The van der Waals surface area contributed by atoms with E-state index in [2.05, 4.69) is 0 Å². The number of rotatable bonds is 8. The Morgan fingerprint density at radius 3 is 2.54 bits per heavy atom. The summed E-state index contributed by atoms with van der Waals surface area (Å²) < 4.78 is 39.2. The summed E-state index contributed by atoms with van der Waals surface area (Å²) in [6.07, 6.45) is 1.58. The second kappa shape index (κ2) is 10.8. The summed E-state index contributed by atoms with van der Waals surface area (Å²) >= 11 is 1.55. The lowest BCUT2D eigenvalue weighted by atomic mass is 9.86. The van der Waals surface area contributed by atoms with Gasteiger partial charge in [-0.05, 0) is 78.2 Å². The van der Waals surface area contributed by atoms with E-state index in [4.69, 9.17) is 9.47 Å². The number of fused-ring (bicyclic) bond motifs is 1. The average Bonchev–Trinajstić information content (AvgIpc) is 3.29. The minimum absolute atomic E-state index is 0.0610. The highest BCUT2D eigenvalue weighted by Gasteiger charge is 2.44. The van der Waals surface area contributed by atoms with E-state index in [1.54, 1.807) is 36.1 Å². The van der Waals surface area contributed by atoms with Gasteiger partial charge in [-0.3, -0.25) is 10.0 Å². The number of methoxy groups -OCH3 is 2. The number of hydrogen-bond acceptors (Lipinski definition) is 7. The predicted octanol–water partition coefficient (Wildman–Crippen LogP) is 3.60. The van der Waals surface area contributed by atoms with Crippen LogP contribution in [0.4, 0.5) is 0 Å². The molecule has 8 nitrogen and oxygen atoms in total. The fourth-order valence-corrected chi connectivity index (χ4v) is 7.17. The molecular weight excluding hydrogens is 488 g/mol. The number of thiophene rings is 1. The molecule has 2 atom stereocenters. The maximum absolute atomic E-state index is 13.8. The minimum Gasteiger partial charge on any atom is -0.497 e. The molecule has 3 aromatic rings. The average molecular weight is 517 g/mol. The van der Waals surface area contributed by atoms with Crippen LogP contribution in [0.25, 0.3) is 0 Å². The largest absolute Gasteiger partial charge is 0.497 e. The molecule has 35 heavy (non-hydrogen) atoms. The molecule has 0 fully saturated rings. The Morgan fingerprint density at radius 2 is 1.86 bits per heavy atom. The van der Waals surface area contributed by atoms with Crippen molar-refractivity contribution in [2.75, 3.05) is 20.8 Å². The topological polar surface area (TPSA) is 105 Å². The molecule has 10 heteroatoms. The number of sulfonamides is 1. The Hall–Kier alpha value is -2.92. The molecular formula is C25H28N2O6S2. The molecule has 2 N–H and O–H groups in total. The molecule has 1 aliphatic rings. The maximum atomic E-state index is 13.8. The molecule has 1 amide bonds. The molecule has 0 saturated heterocycles. The third kappa shape index (κ3) is 5.20. The zero-order valence-corrected chi connectivity index (χ0v) is 21.1. The van der Waals surface area contributed by atoms with Gasteiger partial charge in [0.05, 0.1) is 19.1 Å². The third-order valence-corrected chi connectivity index (χ3v) is 9.24. The van der Waals surface area contributed by atoms with Gasteiger partial charge in [-0.15, -0.1) is 11.3 Å². The van der Waals surface area contributed by atoms with Gasteiger partial charge in [0.1, 0.15) is 17.5 Å². The van der Waals surface area contributed by atoms with Crippen LogP contribution in [0, 0.1) is 0 Å². The number of nitrogens with zero attached hydrogens (tertiary/aromatic N) is 1. The second-order valence-electron chi connectivity index (χ2n) is 8.26. The van der Waals surface area contributed by atoms with Crippen LogP contribution in [0.15, 0.2) is 64.9 Å². The lowest BCUT2D eigenvalue weighted by molar-refractivity contribution is -0.134. The molecule has 0 saturated carbocycles. The predicted molar refractivity (Wildman–Crippen MR) is 133 cm³/mol. The van der Waals surface area contributed by atoms with Crippen molar-refractivity contribution in [1.82, 2.24) is 9.79 Å². The molecule has 2 aromatic carbocycles. The van der Waals surface area contributed by atoms with Crippen LogP contribution >= 0.6 is 11.3 Å². The summed E-state index contributed by atoms with van der Waals surface area (Å²) in [6, 6.07) is 14.6. The lowest BCUT2D eigenvalue weighted by Crippen LogP contribution is -2.51. The monoisotopic (exact) mass is 516 g/mol. The van der Waals surface area contributed by atoms with E-state index < -0.39 is 27.9 Å². The van der Waals surface area contributed by atoms with Crippen molar-refractivity contribution < 1.29 is 27.9 Å². The van der Waals surface area contributed by atoms with Gasteiger partial charge >= 0.3 is 0 Å². The van der Waals surface area contributed by atoms with Crippen LogP contribution in [0.5, 0.6) is 11.5 Å². The second-order valence-corrected chi connectivity index (χ2v) is 11.1. The first-order chi connectivity index (χ1) is 16.9. The van der Waals surface area contributed by atoms with E-state index >= 15 is 0 Å². The third-order valence-electron chi connectivity index (χ3n) is 6.35. The van der Waals surface area contributed by atoms with Crippen molar-refractivity contribution in [2.45, 2.75) is 36.1 Å². The molecule has 4 rings (SSSR count). The number of benzene rings is 2. The van der Waals surface area contributed by atoms with E-state index in [0.29, 0.717) is 25.0 Å². The van der Waals surface area contributed by atoms with E-state index in [-0.39, 0.29) is 11.4 Å². The van der Waals surface area contributed by atoms with Crippen molar-refractivity contribution in [3.63, 3.8) is 0 Å². The summed E-state index contributed by atoms with van der Waals surface area (Å²) in [7, 11) is -0.938. The first-order valence-electron chi connectivity index (χ1n) is 11.2. The Bertz CT molecular complexity index is 1270. The zero-order chi connectivity index (χ0) is 25.0. The molecule has 1 aromatic heterocycles. The Balaban J connectivity index is 1.73. The summed E-state index contributed by atoms with van der Waals surface area (Å²) in [4.78, 5) is 14.2. The van der Waals surface area contributed by atoms with Crippen LogP contribution in [0.2, 0.25) is 0 Å². The highest BCUT2D eigenvalue weighted by molar-refractivity contribution is 7.89. The van der Waals surface area contributed by atoms with Gasteiger partial charge in [-0.1, -0.05) is 12.1 Å². The van der Waals surface area contributed by atoms with E-state index in [1.807, 2.05) is 35.7 Å². The van der Waals surface area contributed by atoms with Gasteiger partial charge in [0.25, 0.3) is 5.91 Å². The van der Waals surface area contributed by atoms with Gasteiger partial charge in [-0.25, -0.2) is 13.9 Å². The highest BCUT2D eigenvalue weighted by Crippen LogP contribution is 2.39. The fraction of sp³-hybridized carbons (Fsp3) is 0.320. The van der Waals surface area contributed by atoms with Crippen molar-refractivity contribution in [3.05, 3.63) is 76.0 Å². The number of carbonyl (C=O) groups is 1. The summed E-state index contributed by atoms with van der Waals surface area (Å²) in [5, 5.41) is 11.6. The molecule has 0 unspecified atom stereocenters. The maximum Gasteiger partial charge on any atom is 0.262 e. The van der Waals surface area contributed by atoms with Crippen LogP contribution in [0.1, 0.15) is 28.3 Å². The van der Waals surface area contributed by atoms with Gasteiger partial charge in [0, 0.05) is 17.3 Å². The van der Waals surface area contributed by atoms with E-state index in [0.717, 1.165) is 21.8 Å². The Morgan fingerprint density at radius 1 is 1.11 bits per heavy atom. The summed E-state index contributed by atoms with van der Waals surface area (Å²) in [5.74, 6) is 0.0534. The van der Waals surface area contributed by atoms with Crippen LogP contribution in [-0.2, 0) is 27.7 Å². The molecule has 0 radical (unpaired) electrons.